The normalized spacial score (nSPS) is 23.8. The van der Waals surface area contributed by atoms with Crippen molar-refractivity contribution in [2.75, 3.05) is 6.67 Å². The molecule has 1 aliphatic carbocycles. The molecule has 0 radical (unpaired) electrons. The van der Waals surface area contributed by atoms with E-state index in [1.54, 1.807) is 0 Å². The number of hydrogen-bond acceptors (Lipinski definition) is 1. The van der Waals surface area contributed by atoms with Gasteiger partial charge in [-0.3, -0.25) is 0 Å². The molecule has 0 amide bonds. The van der Waals surface area contributed by atoms with Crippen molar-refractivity contribution in [1.82, 2.24) is 5.32 Å². The fourth-order valence-corrected chi connectivity index (χ4v) is 1.97. The predicted molar refractivity (Wildman–Crippen MR) is 50.0 cm³/mol. The molecule has 12 heavy (non-hydrogen) atoms. The lowest BCUT2D eigenvalue weighted by Crippen LogP contribution is -2.55. The second-order valence-electron chi connectivity index (χ2n) is 5.43. The Hall–Kier alpha value is -0.110. The van der Waals surface area contributed by atoms with Crippen molar-refractivity contribution in [1.29, 1.82) is 0 Å². The van der Waals surface area contributed by atoms with Gasteiger partial charge >= 0.3 is 0 Å². The Morgan fingerprint density at radius 3 is 2.25 bits per heavy atom. The van der Waals surface area contributed by atoms with E-state index in [1.807, 2.05) is 13.8 Å². The summed E-state index contributed by atoms with van der Waals surface area (Å²) in [6, 6.07) is 0.533. The molecule has 0 aliphatic heterocycles. The quantitative estimate of drug-likeness (QED) is 0.691. The van der Waals surface area contributed by atoms with E-state index in [1.165, 1.54) is 12.8 Å². The standard InChI is InChI=1S/C10H20FN/c1-9(2)5-8(6-9)12-10(3,4)7-11/h8,12H,5-7H2,1-4H3. The molecule has 0 saturated heterocycles. The van der Waals surface area contributed by atoms with Gasteiger partial charge in [-0.15, -0.1) is 0 Å². The van der Waals surface area contributed by atoms with E-state index >= 15 is 0 Å². The second-order valence-corrected chi connectivity index (χ2v) is 5.43. The average Bonchev–Trinajstić information content (AvgIpc) is 1.83. The molecule has 0 atom stereocenters. The highest BCUT2D eigenvalue weighted by atomic mass is 19.1. The zero-order valence-electron chi connectivity index (χ0n) is 8.58. The predicted octanol–water partition coefficient (Wildman–Crippen LogP) is 2.51. The number of nitrogens with one attached hydrogen (secondary N) is 1. The van der Waals surface area contributed by atoms with Gasteiger partial charge in [0.15, 0.2) is 0 Å². The molecule has 0 aromatic rings. The van der Waals surface area contributed by atoms with Crippen LogP contribution in [0.1, 0.15) is 40.5 Å². The van der Waals surface area contributed by atoms with Gasteiger partial charge in [0, 0.05) is 11.6 Å². The zero-order valence-corrected chi connectivity index (χ0v) is 8.58. The first-order valence-corrected chi connectivity index (χ1v) is 4.68. The highest BCUT2D eigenvalue weighted by Gasteiger charge is 2.38. The van der Waals surface area contributed by atoms with Gasteiger partial charge < -0.3 is 5.32 Å². The van der Waals surface area contributed by atoms with Gasteiger partial charge in [-0.1, -0.05) is 13.8 Å². The molecule has 0 heterocycles. The van der Waals surface area contributed by atoms with Gasteiger partial charge in [-0.25, -0.2) is 4.39 Å². The van der Waals surface area contributed by atoms with Gasteiger partial charge in [-0.05, 0) is 32.1 Å². The van der Waals surface area contributed by atoms with Crippen LogP contribution in [-0.2, 0) is 0 Å². The highest BCUT2D eigenvalue weighted by molar-refractivity contribution is 4.95. The number of rotatable bonds is 3. The van der Waals surface area contributed by atoms with Crippen LogP contribution >= 0.6 is 0 Å². The van der Waals surface area contributed by atoms with Gasteiger partial charge in [0.25, 0.3) is 0 Å². The summed E-state index contributed by atoms with van der Waals surface area (Å²) in [5.74, 6) is 0. The third-order valence-electron chi connectivity index (χ3n) is 2.53. The molecular formula is C10H20FN. The lowest BCUT2D eigenvalue weighted by atomic mass is 9.68. The lowest BCUT2D eigenvalue weighted by molar-refractivity contribution is 0.0944. The van der Waals surface area contributed by atoms with Crippen LogP contribution in [0.2, 0.25) is 0 Å². The smallest absolute Gasteiger partial charge is 0.107 e. The largest absolute Gasteiger partial charge is 0.306 e. The fourth-order valence-electron chi connectivity index (χ4n) is 1.97. The summed E-state index contributed by atoms with van der Waals surface area (Å²) in [6.07, 6.45) is 2.35. The summed E-state index contributed by atoms with van der Waals surface area (Å²) >= 11 is 0. The molecule has 0 unspecified atom stereocenters. The van der Waals surface area contributed by atoms with Crippen LogP contribution in [0.3, 0.4) is 0 Å². The van der Waals surface area contributed by atoms with E-state index < -0.39 is 0 Å². The van der Waals surface area contributed by atoms with Crippen molar-refractivity contribution in [2.24, 2.45) is 5.41 Å². The van der Waals surface area contributed by atoms with Crippen molar-refractivity contribution in [2.45, 2.75) is 52.1 Å². The van der Waals surface area contributed by atoms with Crippen LogP contribution in [0.15, 0.2) is 0 Å². The Bertz CT molecular complexity index is 155. The maximum absolute atomic E-state index is 12.4. The SMILES string of the molecule is CC1(C)CC(NC(C)(C)CF)C1. The van der Waals surface area contributed by atoms with Gasteiger partial charge in [-0.2, -0.15) is 0 Å². The van der Waals surface area contributed by atoms with Crippen LogP contribution in [0, 0.1) is 5.41 Å². The Morgan fingerprint density at radius 2 is 1.92 bits per heavy atom. The second kappa shape index (κ2) is 2.99. The summed E-state index contributed by atoms with van der Waals surface area (Å²) in [5, 5.41) is 3.32. The molecular weight excluding hydrogens is 153 g/mol. The van der Waals surface area contributed by atoms with E-state index in [-0.39, 0.29) is 12.2 Å². The van der Waals surface area contributed by atoms with E-state index in [4.69, 9.17) is 0 Å². The van der Waals surface area contributed by atoms with Crippen LogP contribution in [-0.4, -0.2) is 18.3 Å². The molecule has 1 nitrogen and oxygen atoms in total. The first-order valence-electron chi connectivity index (χ1n) is 4.68. The minimum Gasteiger partial charge on any atom is -0.306 e. The van der Waals surface area contributed by atoms with Gasteiger partial charge in [0.05, 0.1) is 0 Å². The Kier molecular flexibility index (Phi) is 2.48. The summed E-state index contributed by atoms with van der Waals surface area (Å²) in [7, 11) is 0. The summed E-state index contributed by atoms with van der Waals surface area (Å²) < 4.78 is 12.4. The van der Waals surface area contributed by atoms with Crippen LogP contribution in [0.25, 0.3) is 0 Å². The first-order chi connectivity index (χ1) is 5.35. The minimum atomic E-state index is -0.332. The number of alkyl halides is 1. The van der Waals surface area contributed by atoms with Crippen LogP contribution < -0.4 is 5.32 Å². The molecule has 1 fully saturated rings. The topological polar surface area (TPSA) is 12.0 Å². The molecule has 0 spiro atoms. The molecule has 1 aliphatic rings. The summed E-state index contributed by atoms with van der Waals surface area (Å²) in [4.78, 5) is 0. The van der Waals surface area contributed by atoms with E-state index in [9.17, 15) is 4.39 Å². The molecule has 1 rings (SSSR count). The molecule has 1 N–H and O–H groups in total. The van der Waals surface area contributed by atoms with Crippen LogP contribution in [0.4, 0.5) is 4.39 Å². The molecule has 1 saturated carbocycles. The maximum atomic E-state index is 12.4. The van der Waals surface area contributed by atoms with Gasteiger partial charge in [0.1, 0.15) is 6.67 Å². The van der Waals surface area contributed by atoms with E-state index in [0.29, 0.717) is 11.5 Å². The first kappa shape index (κ1) is 9.97. The Balaban J connectivity index is 2.27. The molecule has 0 aromatic heterocycles. The molecule has 0 bridgehead atoms. The van der Waals surface area contributed by atoms with Crippen molar-refractivity contribution in [3.8, 4) is 0 Å². The van der Waals surface area contributed by atoms with Crippen molar-refractivity contribution >= 4 is 0 Å². The van der Waals surface area contributed by atoms with Crippen molar-refractivity contribution in [3.05, 3.63) is 0 Å². The average molecular weight is 173 g/mol. The van der Waals surface area contributed by atoms with E-state index in [2.05, 4.69) is 19.2 Å². The lowest BCUT2D eigenvalue weighted by Gasteiger charge is -2.46. The van der Waals surface area contributed by atoms with E-state index in [0.717, 1.165) is 0 Å². The summed E-state index contributed by atoms with van der Waals surface area (Å²) in [6.45, 7) is 8.06. The monoisotopic (exact) mass is 173 g/mol. The van der Waals surface area contributed by atoms with Crippen molar-refractivity contribution in [3.63, 3.8) is 0 Å². The van der Waals surface area contributed by atoms with Gasteiger partial charge in [0.2, 0.25) is 0 Å². The molecule has 2 heteroatoms. The Morgan fingerprint density at radius 1 is 1.42 bits per heavy atom. The molecule has 72 valence electrons. The number of halogens is 1. The third kappa shape index (κ3) is 2.44. The molecule has 0 aromatic carbocycles. The maximum Gasteiger partial charge on any atom is 0.107 e. The minimum absolute atomic E-state index is 0.288. The summed E-state index contributed by atoms with van der Waals surface area (Å²) in [5.41, 5.74) is 0.144. The van der Waals surface area contributed by atoms with Crippen LogP contribution in [0.5, 0.6) is 0 Å². The number of hydrogen-bond donors (Lipinski definition) is 1. The fraction of sp³-hybridized carbons (Fsp3) is 1.00. The Labute approximate surface area is 74.7 Å². The van der Waals surface area contributed by atoms with Crippen molar-refractivity contribution < 1.29 is 4.39 Å². The highest BCUT2D eigenvalue weighted by Crippen LogP contribution is 2.40. The third-order valence-corrected chi connectivity index (χ3v) is 2.53. The zero-order chi connectivity index (χ0) is 9.41.